The molecule has 0 fully saturated rings. The minimum atomic E-state index is -0.677. The largest absolute Gasteiger partial charge is 0.452 e. The highest BCUT2D eigenvalue weighted by atomic mass is 16.5. The lowest BCUT2D eigenvalue weighted by Gasteiger charge is -2.08. The van der Waals surface area contributed by atoms with Gasteiger partial charge in [0.15, 0.2) is 6.61 Å². The van der Waals surface area contributed by atoms with E-state index >= 15 is 0 Å². The summed E-state index contributed by atoms with van der Waals surface area (Å²) in [6.45, 7) is 5.74. The Balaban J connectivity index is 2.34. The first-order chi connectivity index (χ1) is 10.9. The van der Waals surface area contributed by atoms with Gasteiger partial charge in [-0.3, -0.25) is 10.1 Å². The standard InChI is InChI=1S/C17H22N2O4/c1-12(2)10-18-17(22)19-15(20)11-23-16(21)9-8-14-7-5-4-6-13(14)3/h4-9,12H,10-11H2,1-3H3,(H2,18,19,20,22)/b9-8+. The third kappa shape index (κ3) is 7.80. The number of aryl methyl sites for hydroxylation is 1. The predicted octanol–water partition coefficient (Wildman–Crippen LogP) is 2.03. The van der Waals surface area contributed by atoms with Gasteiger partial charge in [-0.1, -0.05) is 38.1 Å². The van der Waals surface area contributed by atoms with E-state index in [9.17, 15) is 14.4 Å². The van der Waals surface area contributed by atoms with Crippen molar-refractivity contribution < 1.29 is 19.1 Å². The van der Waals surface area contributed by atoms with Crippen LogP contribution in [0.25, 0.3) is 6.08 Å². The number of hydrogen-bond acceptors (Lipinski definition) is 4. The molecule has 0 aromatic heterocycles. The van der Waals surface area contributed by atoms with Crippen molar-refractivity contribution >= 4 is 24.0 Å². The van der Waals surface area contributed by atoms with Crippen LogP contribution in [0.4, 0.5) is 4.79 Å². The number of amides is 3. The molecular weight excluding hydrogens is 296 g/mol. The van der Waals surface area contributed by atoms with Gasteiger partial charge in [0.25, 0.3) is 5.91 Å². The van der Waals surface area contributed by atoms with E-state index in [2.05, 4.69) is 10.6 Å². The SMILES string of the molecule is Cc1ccccc1/C=C/C(=O)OCC(=O)NC(=O)NCC(C)C. The van der Waals surface area contributed by atoms with E-state index in [1.807, 2.05) is 45.0 Å². The van der Waals surface area contributed by atoms with E-state index in [4.69, 9.17) is 4.74 Å². The second kappa shape index (κ2) is 9.40. The summed E-state index contributed by atoms with van der Waals surface area (Å²) in [5.74, 6) is -1.05. The number of carbonyl (C=O) groups is 3. The maximum atomic E-state index is 11.5. The minimum absolute atomic E-state index is 0.278. The fourth-order valence-electron chi connectivity index (χ4n) is 1.62. The molecule has 1 aromatic rings. The van der Waals surface area contributed by atoms with Crippen LogP contribution >= 0.6 is 0 Å². The predicted molar refractivity (Wildman–Crippen MR) is 87.6 cm³/mol. The van der Waals surface area contributed by atoms with Crippen LogP contribution < -0.4 is 10.6 Å². The fourth-order valence-corrected chi connectivity index (χ4v) is 1.62. The molecule has 0 unspecified atom stereocenters. The highest BCUT2D eigenvalue weighted by molar-refractivity contribution is 5.96. The van der Waals surface area contributed by atoms with Gasteiger partial charge in [-0.2, -0.15) is 0 Å². The Kier molecular flexibility index (Phi) is 7.53. The van der Waals surface area contributed by atoms with E-state index in [1.54, 1.807) is 6.08 Å². The van der Waals surface area contributed by atoms with Crippen LogP contribution in [0.1, 0.15) is 25.0 Å². The number of ether oxygens (including phenoxy) is 1. The Hall–Kier alpha value is -2.63. The Morgan fingerprint density at radius 2 is 1.91 bits per heavy atom. The molecule has 0 spiro atoms. The molecule has 1 aromatic carbocycles. The quantitative estimate of drug-likeness (QED) is 0.621. The van der Waals surface area contributed by atoms with Gasteiger partial charge in [0.1, 0.15) is 0 Å². The lowest BCUT2D eigenvalue weighted by Crippen LogP contribution is -2.42. The van der Waals surface area contributed by atoms with Crippen molar-refractivity contribution in [1.82, 2.24) is 10.6 Å². The van der Waals surface area contributed by atoms with Crippen molar-refractivity contribution in [1.29, 1.82) is 0 Å². The van der Waals surface area contributed by atoms with Gasteiger partial charge in [0.05, 0.1) is 0 Å². The molecule has 0 radical (unpaired) electrons. The van der Waals surface area contributed by atoms with Crippen molar-refractivity contribution in [2.75, 3.05) is 13.2 Å². The Bertz CT molecular complexity index is 594. The van der Waals surface area contributed by atoms with Crippen LogP contribution in [0, 0.1) is 12.8 Å². The zero-order chi connectivity index (χ0) is 17.2. The molecule has 2 N–H and O–H groups in total. The highest BCUT2D eigenvalue weighted by Gasteiger charge is 2.09. The molecule has 0 atom stereocenters. The summed E-state index contributed by atoms with van der Waals surface area (Å²) < 4.78 is 4.77. The third-order valence-corrected chi connectivity index (χ3v) is 2.86. The molecule has 0 bridgehead atoms. The number of imide groups is 1. The minimum Gasteiger partial charge on any atom is -0.452 e. The van der Waals surface area contributed by atoms with E-state index in [1.165, 1.54) is 6.08 Å². The highest BCUT2D eigenvalue weighted by Crippen LogP contribution is 2.08. The molecule has 0 saturated heterocycles. The number of hydrogen-bond donors (Lipinski definition) is 2. The van der Waals surface area contributed by atoms with Crippen LogP contribution in [0.2, 0.25) is 0 Å². The molecule has 6 heteroatoms. The van der Waals surface area contributed by atoms with E-state index in [-0.39, 0.29) is 5.92 Å². The first-order valence-electron chi connectivity index (χ1n) is 7.36. The average molecular weight is 318 g/mol. The van der Waals surface area contributed by atoms with Crippen molar-refractivity contribution in [3.05, 3.63) is 41.5 Å². The smallest absolute Gasteiger partial charge is 0.331 e. The van der Waals surface area contributed by atoms with Crippen LogP contribution in [-0.4, -0.2) is 31.1 Å². The van der Waals surface area contributed by atoms with Crippen LogP contribution in [0.5, 0.6) is 0 Å². The van der Waals surface area contributed by atoms with Gasteiger partial charge in [-0.15, -0.1) is 0 Å². The molecule has 0 aliphatic carbocycles. The van der Waals surface area contributed by atoms with Crippen molar-refractivity contribution in [3.63, 3.8) is 0 Å². The number of esters is 1. The molecular formula is C17H22N2O4. The lowest BCUT2D eigenvalue weighted by atomic mass is 10.1. The summed E-state index contributed by atoms with van der Waals surface area (Å²) in [4.78, 5) is 34.4. The summed E-state index contributed by atoms with van der Waals surface area (Å²) >= 11 is 0. The summed E-state index contributed by atoms with van der Waals surface area (Å²) in [6, 6.07) is 6.95. The summed E-state index contributed by atoms with van der Waals surface area (Å²) in [7, 11) is 0. The molecule has 0 aliphatic rings. The van der Waals surface area contributed by atoms with Gasteiger partial charge >= 0.3 is 12.0 Å². The first kappa shape index (κ1) is 18.4. The maximum absolute atomic E-state index is 11.5. The molecule has 0 saturated carbocycles. The summed E-state index contributed by atoms with van der Waals surface area (Å²) in [5, 5.41) is 4.61. The van der Waals surface area contributed by atoms with Crippen LogP contribution in [0.3, 0.4) is 0 Å². The molecule has 1 rings (SSSR count). The number of nitrogens with one attached hydrogen (secondary N) is 2. The topological polar surface area (TPSA) is 84.5 Å². The third-order valence-electron chi connectivity index (χ3n) is 2.86. The monoisotopic (exact) mass is 318 g/mol. The van der Waals surface area contributed by atoms with Crippen LogP contribution in [0.15, 0.2) is 30.3 Å². The molecule has 3 amide bonds. The summed E-state index contributed by atoms with van der Waals surface area (Å²) in [5.41, 5.74) is 1.91. The maximum Gasteiger partial charge on any atom is 0.331 e. The number of benzene rings is 1. The van der Waals surface area contributed by atoms with E-state index in [0.29, 0.717) is 6.54 Å². The fraction of sp³-hybridized carbons (Fsp3) is 0.353. The number of rotatable bonds is 6. The van der Waals surface area contributed by atoms with Crippen molar-refractivity contribution in [3.8, 4) is 0 Å². The zero-order valence-electron chi connectivity index (χ0n) is 13.6. The Morgan fingerprint density at radius 3 is 2.57 bits per heavy atom. The first-order valence-corrected chi connectivity index (χ1v) is 7.36. The normalized spacial score (nSPS) is 10.6. The number of urea groups is 1. The van der Waals surface area contributed by atoms with Crippen molar-refractivity contribution in [2.45, 2.75) is 20.8 Å². The van der Waals surface area contributed by atoms with E-state index < -0.39 is 24.5 Å². The Morgan fingerprint density at radius 1 is 1.22 bits per heavy atom. The van der Waals surface area contributed by atoms with Gasteiger partial charge in [-0.05, 0) is 30.0 Å². The zero-order valence-corrected chi connectivity index (χ0v) is 13.6. The number of carbonyl (C=O) groups excluding carboxylic acids is 3. The lowest BCUT2D eigenvalue weighted by molar-refractivity contribution is -0.143. The molecule has 23 heavy (non-hydrogen) atoms. The average Bonchev–Trinajstić information content (AvgIpc) is 2.50. The molecule has 124 valence electrons. The Labute approximate surface area is 135 Å². The van der Waals surface area contributed by atoms with Gasteiger partial charge in [-0.25, -0.2) is 9.59 Å². The summed E-state index contributed by atoms with van der Waals surface area (Å²) in [6.07, 6.45) is 2.86. The van der Waals surface area contributed by atoms with Crippen LogP contribution in [-0.2, 0) is 14.3 Å². The molecule has 0 aliphatic heterocycles. The molecule has 6 nitrogen and oxygen atoms in total. The second-order valence-corrected chi connectivity index (χ2v) is 5.45. The van der Waals surface area contributed by atoms with Gasteiger partial charge in [0, 0.05) is 12.6 Å². The van der Waals surface area contributed by atoms with Crippen molar-refractivity contribution in [2.24, 2.45) is 5.92 Å². The second-order valence-electron chi connectivity index (χ2n) is 5.45. The van der Waals surface area contributed by atoms with E-state index in [0.717, 1.165) is 11.1 Å². The van der Waals surface area contributed by atoms with Gasteiger partial charge in [0.2, 0.25) is 0 Å². The molecule has 0 heterocycles. The van der Waals surface area contributed by atoms with Gasteiger partial charge < -0.3 is 10.1 Å².